The first-order chi connectivity index (χ1) is 17.9. The van der Waals surface area contributed by atoms with Crippen molar-refractivity contribution in [2.75, 3.05) is 12.4 Å². The van der Waals surface area contributed by atoms with Crippen molar-refractivity contribution < 1.29 is 31.9 Å². The number of hydrogen-bond donors (Lipinski definition) is 2. The van der Waals surface area contributed by atoms with Crippen molar-refractivity contribution in [1.82, 2.24) is 14.8 Å². The van der Waals surface area contributed by atoms with Crippen LogP contribution in [0.4, 0.5) is 23.2 Å². The SMILES string of the molecule is COc1cc(C#N)ccc1Cn1nc(C(F)(F)F)c(NC(=O)c2cc(C(N)=O)nc3cc(F)ccc23)c1C. The first-order valence-corrected chi connectivity index (χ1v) is 10.9. The number of nitrogens with zero attached hydrogens (tertiary/aromatic N) is 4. The summed E-state index contributed by atoms with van der Waals surface area (Å²) in [7, 11) is 1.36. The number of methoxy groups -OCH3 is 1. The summed E-state index contributed by atoms with van der Waals surface area (Å²) in [5.74, 6) is -2.46. The topological polar surface area (TPSA) is 136 Å². The first-order valence-electron chi connectivity index (χ1n) is 10.9. The van der Waals surface area contributed by atoms with E-state index >= 15 is 0 Å². The number of halogens is 4. The zero-order valence-electron chi connectivity index (χ0n) is 19.9. The van der Waals surface area contributed by atoms with E-state index in [9.17, 15) is 27.2 Å². The van der Waals surface area contributed by atoms with Crippen molar-refractivity contribution in [3.8, 4) is 11.8 Å². The second-order valence-corrected chi connectivity index (χ2v) is 8.14. The summed E-state index contributed by atoms with van der Waals surface area (Å²) in [6.45, 7) is 1.17. The van der Waals surface area contributed by atoms with Gasteiger partial charge in [-0.05, 0) is 37.3 Å². The van der Waals surface area contributed by atoms with E-state index in [0.29, 0.717) is 11.1 Å². The Morgan fingerprint density at radius 3 is 2.55 bits per heavy atom. The van der Waals surface area contributed by atoms with Crippen molar-refractivity contribution in [3.63, 3.8) is 0 Å². The van der Waals surface area contributed by atoms with Gasteiger partial charge in [-0.3, -0.25) is 14.3 Å². The van der Waals surface area contributed by atoms with Gasteiger partial charge in [-0.15, -0.1) is 0 Å². The van der Waals surface area contributed by atoms with Crippen LogP contribution in [0.15, 0.2) is 42.5 Å². The Kier molecular flexibility index (Phi) is 6.74. The van der Waals surface area contributed by atoms with E-state index in [1.165, 1.54) is 38.3 Å². The van der Waals surface area contributed by atoms with E-state index < -0.39 is 35.2 Å². The van der Waals surface area contributed by atoms with Crippen LogP contribution in [-0.2, 0) is 12.7 Å². The fourth-order valence-electron chi connectivity index (χ4n) is 3.85. The van der Waals surface area contributed by atoms with Gasteiger partial charge in [0.2, 0.25) is 0 Å². The number of carbonyl (C=O) groups excluding carboxylic acids is 2. The number of ether oxygens (including phenoxy) is 1. The first kappa shape index (κ1) is 26.1. The number of amides is 2. The quantitative estimate of drug-likeness (QED) is 0.362. The molecule has 4 aromatic rings. The molecule has 3 N–H and O–H groups in total. The Hall–Kier alpha value is -4.99. The molecule has 0 aliphatic carbocycles. The summed E-state index contributed by atoms with van der Waals surface area (Å²) >= 11 is 0. The average molecular weight is 526 g/mol. The van der Waals surface area contributed by atoms with Gasteiger partial charge < -0.3 is 15.8 Å². The zero-order chi connectivity index (χ0) is 27.8. The lowest BCUT2D eigenvalue weighted by atomic mass is 10.1. The molecule has 0 bridgehead atoms. The van der Waals surface area contributed by atoms with E-state index in [-0.39, 0.29) is 40.1 Å². The Morgan fingerprint density at radius 1 is 1.18 bits per heavy atom. The van der Waals surface area contributed by atoms with E-state index in [0.717, 1.165) is 22.9 Å². The minimum Gasteiger partial charge on any atom is -0.496 e. The standard InChI is InChI=1S/C25H18F4N6O3/c1-12-21(33-24(37)17-9-19(23(31)36)32-18-8-15(26)5-6-16(17)18)22(25(27,28)29)34-35(12)11-14-4-3-13(10-30)7-20(14)38-2/h3-9H,11H2,1-2H3,(H2,31,36)(H,33,37). The third kappa shape index (κ3) is 4.96. The van der Waals surface area contributed by atoms with Crippen molar-refractivity contribution in [2.24, 2.45) is 5.73 Å². The summed E-state index contributed by atoms with van der Waals surface area (Å²) in [6.07, 6.45) is -4.94. The van der Waals surface area contributed by atoms with Crippen LogP contribution in [0.5, 0.6) is 5.75 Å². The highest BCUT2D eigenvalue weighted by Gasteiger charge is 2.39. The fraction of sp³-hybridized carbons (Fsp3) is 0.160. The summed E-state index contributed by atoms with van der Waals surface area (Å²) in [5.41, 5.74) is 3.33. The van der Waals surface area contributed by atoms with Crippen molar-refractivity contribution in [3.05, 3.63) is 82.1 Å². The number of carbonyl (C=O) groups is 2. The smallest absolute Gasteiger partial charge is 0.437 e. The lowest BCUT2D eigenvalue weighted by molar-refractivity contribution is -0.140. The van der Waals surface area contributed by atoms with Gasteiger partial charge in [0.05, 0.1) is 47.7 Å². The van der Waals surface area contributed by atoms with Gasteiger partial charge in [0, 0.05) is 17.0 Å². The van der Waals surface area contributed by atoms with Crippen molar-refractivity contribution in [2.45, 2.75) is 19.6 Å². The lowest BCUT2D eigenvalue weighted by Crippen LogP contribution is -2.19. The third-order valence-electron chi connectivity index (χ3n) is 5.72. The molecule has 2 heterocycles. The van der Waals surface area contributed by atoms with E-state index in [2.05, 4.69) is 15.4 Å². The van der Waals surface area contributed by atoms with Gasteiger partial charge in [-0.1, -0.05) is 6.07 Å². The number of aromatic nitrogens is 3. The molecule has 0 atom stereocenters. The molecular weight excluding hydrogens is 508 g/mol. The molecule has 2 aromatic heterocycles. The van der Waals surface area contributed by atoms with E-state index in [1.807, 2.05) is 6.07 Å². The van der Waals surface area contributed by atoms with Crippen molar-refractivity contribution >= 4 is 28.4 Å². The molecule has 0 fully saturated rings. The average Bonchev–Trinajstić information content (AvgIpc) is 3.18. The molecule has 194 valence electrons. The third-order valence-corrected chi connectivity index (χ3v) is 5.72. The van der Waals surface area contributed by atoms with E-state index in [1.54, 1.807) is 0 Å². The number of nitrogens with one attached hydrogen (secondary N) is 1. The Labute approximate surface area is 212 Å². The number of anilines is 1. The lowest BCUT2D eigenvalue weighted by Gasteiger charge is -2.12. The van der Waals surface area contributed by atoms with Crippen LogP contribution in [0.2, 0.25) is 0 Å². The monoisotopic (exact) mass is 526 g/mol. The minimum atomic E-state index is -4.94. The van der Waals surface area contributed by atoms with Gasteiger partial charge >= 0.3 is 6.18 Å². The number of primary amides is 1. The summed E-state index contributed by atoms with van der Waals surface area (Å²) < 4.78 is 61.9. The van der Waals surface area contributed by atoms with Crippen LogP contribution in [0.3, 0.4) is 0 Å². The zero-order valence-corrected chi connectivity index (χ0v) is 19.9. The minimum absolute atomic E-state index is 0.0309. The van der Waals surface area contributed by atoms with Crippen LogP contribution >= 0.6 is 0 Å². The van der Waals surface area contributed by atoms with Crippen LogP contribution in [0.1, 0.15) is 43.4 Å². The maximum Gasteiger partial charge on any atom is 0.437 e. The highest BCUT2D eigenvalue weighted by Crippen LogP contribution is 2.37. The molecule has 0 saturated carbocycles. The highest BCUT2D eigenvalue weighted by atomic mass is 19.4. The van der Waals surface area contributed by atoms with Gasteiger partial charge in [0.1, 0.15) is 17.3 Å². The number of benzene rings is 2. The van der Waals surface area contributed by atoms with Crippen LogP contribution in [0, 0.1) is 24.1 Å². The molecule has 2 aromatic carbocycles. The molecule has 0 spiro atoms. The normalized spacial score (nSPS) is 11.3. The number of rotatable bonds is 6. The number of fused-ring (bicyclic) bond motifs is 1. The van der Waals surface area contributed by atoms with Crippen LogP contribution in [0.25, 0.3) is 10.9 Å². The highest BCUT2D eigenvalue weighted by molar-refractivity contribution is 6.14. The van der Waals surface area contributed by atoms with Gasteiger partial charge in [0.25, 0.3) is 11.8 Å². The fourth-order valence-corrected chi connectivity index (χ4v) is 3.85. The molecule has 13 heteroatoms. The molecule has 0 aliphatic rings. The Balaban J connectivity index is 1.79. The Bertz CT molecular complexity index is 1640. The molecular formula is C25H18F4N6O3. The number of alkyl halides is 3. The molecule has 0 aliphatic heterocycles. The predicted molar refractivity (Wildman–Crippen MR) is 127 cm³/mol. The largest absolute Gasteiger partial charge is 0.496 e. The molecule has 38 heavy (non-hydrogen) atoms. The van der Waals surface area contributed by atoms with Gasteiger partial charge in [-0.25, -0.2) is 9.37 Å². The van der Waals surface area contributed by atoms with Crippen molar-refractivity contribution in [1.29, 1.82) is 5.26 Å². The second kappa shape index (κ2) is 9.81. The maximum absolute atomic E-state index is 13.9. The summed E-state index contributed by atoms with van der Waals surface area (Å²) in [4.78, 5) is 28.9. The summed E-state index contributed by atoms with van der Waals surface area (Å²) in [6, 6.07) is 10.6. The maximum atomic E-state index is 13.9. The van der Waals surface area contributed by atoms with Gasteiger partial charge in [-0.2, -0.15) is 23.5 Å². The molecule has 9 nitrogen and oxygen atoms in total. The van der Waals surface area contributed by atoms with Crippen LogP contribution in [-0.4, -0.2) is 33.7 Å². The predicted octanol–water partition coefficient (Wildman–Crippen LogP) is 4.18. The molecule has 0 unspecified atom stereocenters. The number of nitrogens with two attached hydrogens (primary N) is 1. The second-order valence-electron chi connectivity index (χ2n) is 8.14. The van der Waals surface area contributed by atoms with Crippen LogP contribution < -0.4 is 15.8 Å². The number of hydrogen-bond acceptors (Lipinski definition) is 6. The molecule has 0 radical (unpaired) electrons. The number of pyridine rings is 1. The van der Waals surface area contributed by atoms with Gasteiger partial charge in [0.15, 0.2) is 5.69 Å². The molecule has 2 amide bonds. The van der Waals surface area contributed by atoms with E-state index in [4.69, 9.17) is 15.7 Å². The Morgan fingerprint density at radius 2 is 1.92 bits per heavy atom. The summed E-state index contributed by atoms with van der Waals surface area (Å²) in [5, 5.41) is 15.1. The number of nitriles is 1. The molecule has 0 saturated heterocycles. The molecule has 4 rings (SSSR count).